The van der Waals surface area contributed by atoms with E-state index < -0.39 is 12.1 Å². The number of nitrogens with one attached hydrogen (secondary N) is 1. The maximum absolute atomic E-state index is 12.4. The van der Waals surface area contributed by atoms with Crippen molar-refractivity contribution >= 4 is 11.9 Å². The summed E-state index contributed by atoms with van der Waals surface area (Å²) in [6, 6.07) is -0.544. The number of allylic oxidation sites excluding steroid dienone is 3. The lowest BCUT2D eigenvalue weighted by molar-refractivity contribution is -0.143. The molecular weight excluding hydrogens is 779 g/mol. The summed E-state index contributed by atoms with van der Waals surface area (Å²) in [6.07, 6.45) is 63.2. The van der Waals surface area contributed by atoms with Gasteiger partial charge in [-0.25, -0.2) is 0 Å². The van der Waals surface area contributed by atoms with Gasteiger partial charge < -0.3 is 20.3 Å². The van der Waals surface area contributed by atoms with E-state index in [-0.39, 0.29) is 18.5 Å². The summed E-state index contributed by atoms with van der Waals surface area (Å²) in [7, 11) is 0. The van der Waals surface area contributed by atoms with Crippen LogP contribution in [0, 0.1) is 0 Å². The molecule has 0 radical (unpaired) electrons. The molecule has 0 aliphatic heterocycles. The number of rotatable bonds is 52. The van der Waals surface area contributed by atoms with Crippen LogP contribution in [0.4, 0.5) is 0 Å². The molecule has 372 valence electrons. The number of esters is 1. The van der Waals surface area contributed by atoms with Crippen molar-refractivity contribution in [3.8, 4) is 0 Å². The highest BCUT2D eigenvalue weighted by Crippen LogP contribution is 2.17. The van der Waals surface area contributed by atoms with E-state index in [0.29, 0.717) is 25.9 Å². The highest BCUT2D eigenvalue weighted by atomic mass is 16.5. The average Bonchev–Trinajstić information content (AvgIpc) is 3.28. The minimum atomic E-state index is -0.666. The summed E-state index contributed by atoms with van der Waals surface area (Å²) in [5, 5.41) is 23.2. The van der Waals surface area contributed by atoms with E-state index in [1.54, 1.807) is 0 Å². The number of unbranched alkanes of at least 4 members (excludes halogenated alkanes) is 37. The molecule has 0 aliphatic carbocycles. The number of hydrogen-bond acceptors (Lipinski definition) is 5. The van der Waals surface area contributed by atoms with Crippen LogP contribution >= 0.6 is 0 Å². The second kappa shape index (κ2) is 53.0. The Bertz CT molecular complexity index is 982. The predicted octanol–water partition coefficient (Wildman–Crippen LogP) is 17.1. The lowest BCUT2D eigenvalue weighted by Crippen LogP contribution is -2.45. The number of hydrogen-bond donors (Lipinski definition) is 3. The van der Waals surface area contributed by atoms with Crippen LogP contribution in [0.1, 0.15) is 303 Å². The molecule has 2 unspecified atom stereocenters. The van der Waals surface area contributed by atoms with E-state index >= 15 is 0 Å². The predicted molar refractivity (Wildman–Crippen MR) is 273 cm³/mol. The summed E-state index contributed by atoms with van der Waals surface area (Å²) in [5.74, 6) is -0.0737. The first kappa shape index (κ1) is 61.3. The van der Waals surface area contributed by atoms with Gasteiger partial charge in [0.1, 0.15) is 0 Å². The average molecular weight is 889 g/mol. The van der Waals surface area contributed by atoms with Gasteiger partial charge in [-0.3, -0.25) is 9.59 Å². The van der Waals surface area contributed by atoms with Gasteiger partial charge in [-0.2, -0.15) is 0 Å². The fraction of sp³-hybridized carbons (Fsp3) is 0.895. The standard InChI is InChI=1S/C57H109NO5/c1-3-5-7-9-11-13-15-26-29-33-37-41-45-49-55(60)54(53-59)58-56(61)50-46-42-38-34-30-27-24-22-20-18-17-19-21-23-25-28-32-36-40-44-48-52-63-57(62)51-47-43-39-35-31-16-14-12-10-8-6-4-2/h28,32,40,44,54-55,59-60H,3-27,29-31,33-39,41-43,45-53H2,1-2H3,(H,58,61)/b32-28-,44-40-. The molecule has 0 bridgehead atoms. The molecule has 3 N–H and O–H groups in total. The molecule has 0 heterocycles. The number of carbonyl (C=O) groups is 2. The first-order chi connectivity index (χ1) is 31.0. The van der Waals surface area contributed by atoms with Crippen LogP contribution in [-0.2, 0) is 14.3 Å². The summed E-state index contributed by atoms with van der Waals surface area (Å²) in [6.45, 7) is 4.85. The van der Waals surface area contributed by atoms with Crippen LogP contribution in [-0.4, -0.2) is 47.4 Å². The van der Waals surface area contributed by atoms with Crippen molar-refractivity contribution in [3.63, 3.8) is 0 Å². The van der Waals surface area contributed by atoms with Crippen molar-refractivity contribution in [2.45, 2.75) is 315 Å². The third-order valence-corrected chi connectivity index (χ3v) is 13.0. The SMILES string of the molecule is CCCCCCCCCCCCCCCC(O)C(CO)NC(=O)CCCCCCCCCCCCCCCC/C=C\C/C=C\CCOC(=O)CCCCCCCCCCCCCC. The van der Waals surface area contributed by atoms with Gasteiger partial charge in [0.25, 0.3) is 0 Å². The van der Waals surface area contributed by atoms with Gasteiger partial charge in [-0.05, 0) is 44.9 Å². The van der Waals surface area contributed by atoms with Crippen molar-refractivity contribution in [2.24, 2.45) is 0 Å². The highest BCUT2D eigenvalue weighted by molar-refractivity contribution is 5.76. The van der Waals surface area contributed by atoms with E-state index in [1.807, 2.05) is 0 Å². The van der Waals surface area contributed by atoms with Gasteiger partial charge in [0.15, 0.2) is 0 Å². The Morgan fingerprint density at radius 2 is 0.794 bits per heavy atom. The smallest absolute Gasteiger partial charge is 0.305 e. The molecule has 6 heteroatoms. The summed E-state index contributed by atoms with van der Waals surface area (Å²) >= 11 is 0. The molecule has 0 saturated heterocycles. The Labute approximate surface area is 392 Å². The number of aliphatic hydroxyl groups excluding tert-OH is 2. The summed E-state index contributed by atoms with van der Waals surface area (Å²) < 4.78 is 5.40. The lowest BCUT2D eigenvalue weighted by Gasteiger charge is -2.22. The van der Waals surface area contributed by atoms with Crippen molar-refractivity contribution in [1.29, 1.82) is 0 Å². The molecule has 0 fully saturated rings. The topological polar surface area (TPSA) is 95.9 Å². The van der Waals surface area contributed by atoms with E-state index in [4.69, 9.17) is 4.74 Å². The molecule has 1 amide bonds. The lowest BCUT2D eigenvalue weighted by atomic mass is 10.0. The van der Waals surface area contributed by atoms with Crippen molar-refractivity contribution < 1.29 is 24.5 Å². The normalized spacial score (nSPS) is 12.8. The van der Waals surface area contributed by atoms with Gasteiger partial charge in [-0.15, -0.1) is 0 Å². The molecule has 0 aromatic heterocycles. The Morgan fingerprint density at radius 1 is 0.444 bits per heavy atom. The molecule has 0 aromatic carbocycles. The Morgan fingerprint density at radius 3 is 1.21 bits per heavy atom. The molecule has 63 heavy (non-hydrogen) atoms. The van der Waals surface area contributed by atoms with Crippen molar-refractivity contribution in [3.05, 3.63) is 24.3 Å². The zero-order valence-corrected chi connectivity index (χ0v) is 42.3. The van der Waals surface area contributed by atoms with E-state index in [2.05, 4.69) is 43.5 Å². The Balaban J connectivity index is 3.45. The van der Waals surface area contributed by atoms with E-state index in [1.165, 1.54) is 218 Å². The summed E-state index contributed by atoms with van der Waals surface area (Å²) in [5.41, 5.74) is 0. The molecule has 0 aliphatic rings. The van der Waals surface area contributed by atoms with Gasteiger partial charge in [0.2, 0.25) is 5.91 Å². The summed E-state index contributed by atoms with van der Waals surface area (Å²) in [4.78, 5) is 24.4. The zero-order chi connectivity index (χ0) is 45.8. The van der Waals surface area contributed by atoms with Gasteiger partial charge in [-0.1, -0.05) is 269 Å². The maximum atomic E-state index is 12.4. The zero-order valence-electron chi connectivity index (χ0n) is 42.3. The molecule has 6 nitrogen and oxygen atoms in total. The van der Waals surface area contributed by atoms with Gasteiger partial charge in [0.05, 0.1) is 25.4 Å². The Kier molecular flexibility index (Phi) is 51.6. The fourth-order valence-electron chi connectivity index (χ4n) is 8.71. The molecule has 2 atom stereocenters. The first-order valence-electron chi connectivity index (χ1n) is 28.1. The Hall–Kier alpha value is -1.66. The monoisotopic (exact) mass is 888 g/mol. The third-order valence-electron chi connectivity index (χ3n) is 13.0. The van der Waals surface area contributed by atoms with Crippen LogP contribution in [0.25, 0.3) is 0 Å². The first-order valence-corrected chi connectivity index (χ1v) is 28.1. The highest BCUT2D eigenvalue weighted by Gasteiger charge is 2.20. The van der Waals surface area contributed by atoms with Crippen LogP contribution < -0.4 is 5.32 Å². The largest absolute Gasteiger partial charge is 0.465 e. The number of ether oxygens (including phenoxy) is 1. The minimum absolute atomic E-state index is 0.0345. The molecule has 0 saturated carbocycles. The third kappa shape index (κ3) is 49.6. The molecule has 0 rings (SSSR count). The second-order valence-corrected chi connectivity index (χ2v) is 19.3. The number of carbonyl (C=O) groups excluding carboxylic acids is 2. The van der Waals surface area contributed by atoms with Crippen LogP contribution in [0.3, 0.4) is 0 Å². The van der Waals surface area contributed by atoms with Crippen LogP contribution in [0.2, 0.25) is 0 Å². The quantitative estimate of drug-likeness (QED) is 0.0321. The number of amides is 1. The van der Waals surface area contributed by atoms with Crippen molar-refractivity contribution in [1.82, 2.24) is 5.32 Å². The minimum Gasteiger partial charge on any atom is -0.465 e. The van der Waals surface area contributed by atoms with E-state index in [0.717, 1.165) is 51.4 Å². The molecular formula is C57H109NO5. The van der Waals surface area contributed by atoms with Crippen LogP contribution in [0.15, 0.2) is 24.3 Å². The van der Waals surface area contributed by atoms with Gasteiger partial charge in [0, 0.05) is 12.8 Å². The molecule has 0 aromatic rings. The fourth-order valence-corrected chi connectivity index (χ4v) is 8.71. The van der Waals surface area contributed by atoms with E-state index in [9.17, 15) is 19.8 Å². The van der Waals surface area contributed by atoms with Gasteiger partial charge >= 0.3 is 5.97 Å². The number of aliphatic hydroxyl groups is 2. The van der Waals surface area contributed by atoms with Crippen LogP contribution in [0.5, 0.6) is 0 Å². The second-order valence-electron chi connectivity index (χ2n) is 19.3. The van der Waals surface area contributed by atoms with Crippen molar-refractivity contribution in [2.75, 3.05) is 13.2 Å². The maximum Gasteiger partial charge on any atom is 0.305 e. The molecule has 0 spiro atoms.